The molecule has 4 N–H and O–H groups in total. The first-order valence-corrected chi connectivity index (χ1v) is 15.0. The van der Waals surface area contributed by atoms with Crippen molar-refractivity contribution in [2.24, 2.45) is 0 Å². The summed E-state index contributed by atoms with van der Waals surface area (Å²) in [5.74, 6) is -0.957. The van der Waals surface area contributed by atoms with Gasteiger partial charge in [0.25, 0.3) is 11.8 Å². The number of thiophene rings is 1. The molecule has 2 atom stereocenters. The molecule has 1 aliphatic carbocycles. The third kappa shape index (κ3) is 8.01. The summed E-state index contributed by atoms with van der Waals surface area (Å²) < 4.78 is 25.3. The Kier molecular flexibility index (Phi) is 9.68. The predicted octanol–water partition coefficient (Wildman–Crippen LogP) is 2.01. The molecule has 3 amide bonds. The highest BCUT2D eigenvalue weighted by Crippen LogP contribution is 2.22. The van der Waals surface area contributed by atoms with Crippen molar-refractivity contribution in [2.45, 2.75) is 51.2 Å². The molecule has 0 aliphatic heterocycles. The molecule has 1 aromatic heterocycles. The molecule has 10 nitrogen and oxygen atoms in total. The zero-order valence-corrected chi connectivity index (χ0v) is 23.2. The fourth-order valence-corrected chi connectivity index (χ4v) is 4.91. The van der Waals surface area contributed by atoms with E-state index in [9.17, 15) is 22.8 Å². The Morgan fingerprint density at radius 3 is 2.32 bits per heavy atom. The number of hydrogen-bond acceptors (Lipinski definition) is 7. The lowest BCUT2D eigenvalue weighted by atomic mass is 9.93. The number of hydrogen-bond donors (Lipinski definition) is 4. The quantitative estimate of drug-likeness (QED) is 0.299. The van der Waals surface area contributed by atoms with Crippen LogP contribution in [0.3, 0.4) is 0 Å². The zero-order chi connectivity index (χ0) is 27.2. The summed E-state index contributed by atoms with van der Waals surface area (Å²) in [5.41, 5.74) is 1.46. The van der Waals surface area contributed by atoms with Crippen LogP contribution in [0.15, 0.2) is 35.0 Å². The lowest BCUT2D eigenvalue weighted by Crippen LogP contribution is -2.49. The topological polar surface area (TPSA) is 137 Å². The molecule has 202 valence electrons. The molecule has 1 fully saturated rings. The number of nitrogens with one attached hydrogen (secondary N) is 4. The molecule has 3 rings (SSSR count). The van der Waals surface area contributed by atoms with Crippen molar-refractivity contribution in [1.29, 1.82) is 0 Å². The molecular weight excluding hydrogens is 514 g/mol. The predicted molar refractivity (Wildman–Crippen MR) is 145 cm³/mol. The number of benzene rings is 1. The standard InChI is InChI=1S/C25H35N5O5S2/c1-16(18-8-11-36-15-18)28-25(33)20-12-19(13-22(14-20)30(3)37(4,34)35)24(32)27-10-9-26-17(2)23(31)29-21-6-5-7-21/h8,11-17,21,26H,5-7,9-10H2,1-4H3,(H,27,32)(H,28,33)(H,29,31)/t16?,17-/m0/s1. The van der Waals surface area contributed by atoms with Crippen LogP contribution in [0.4, 0.5) is 5.69 Å². The van der Waals surface area contributed by atoms with E-state index in [-0.39, 0.29) is 41.3 Å². The fraction of sp³-hybridized carbons (Fsp3) is 0.480. The third-order valence-corrected chi connectivity index (χ3v) is 8.31. The number of nitrogens with zero attached hydrogens (tertiary/aromatic N) is 1. The fourth-order valence-electron chi connectivity index (χ4n) is 3.67. The Bertz CT molecular complexity index is 1210. The molecule has 0 saturated heterocycles. The second-order valence-corrected chi connectivity index (χ2v) is 12.1. The van der Waals surface area contributed by atoms with Crippen molar-refractivity contribution >= 4 is 44.8 Å². The van der Waals surface area contributed by atoms with Crippen LogP contribution in [0.2, 0.25) is 0 Å². The van der Waals surface area contributed by atoms with Crippen LogP contribution in [0.5, 0.6) is 0 Å². The molecule has 12 heteroatoms. The van der Waals surface area contributed by atoms with Gasteiger partial charge in [-0.1, -0.05) is 0 Å². The van der Waals surface area contributed by atoms with Gasteiger partial charge in [-0.15, -0.1) is 0 Å². The summed E-state index contributed by atoms with van der Waals surface area (Å²) >= 11 is 1.52. The molecule has 1 saturated carbocycles. The van der Waals surface area contributed by atoms with Gasteiger partial charge in [-0.3, -0.25) is 18.7 Å². The summed E-state index contributed by atoms with van der Waals surface area (Å²) in [6, 6.07) is 5.82. The van der Waals surface area contributed by atoms with Gasteiger partial charge in [0, 0.05) is 37.3 Å². The van der Waals surface area contributed by atoms with Crippen molar-refractivity contribution < 1.29 is 22.8 Å². The van der Waals surface area contributed by atoms with Crippen LogP contribution in [0.25, 0.3) is 0 Å². The highest BCUT2D eigenvalue weighted by atomic mass is 32.2. The zero-order valence-electron chi connectivity index (χ0n) is 21.5. The van der Waals surface area contributed by atoms with E-state index in [1.807, 2.05) is 23.8 Å². The molecule has 0 bridgehead atoms. The summed E-state index contributed by atoms with van der Waals surface area (Å²) in [4.78, 5) is 38.1. The first-order valence-electron chi connectivity index (χ1n) is 12.2. The Hall–Kier alpha value is -2.96. The minimum Gasteiger partial charge on any atom is -0.352 e. The van der Waals surface area contributed by atoms with Crippen LogP contribution in [0, 0.1) is 0 Å². The molecule has 1 aliphatic rings. The Morgan fingerprint density at radius 2 is 1.76 bits per heavy atom. The highest BCUT2D eigenvalue weighted by molar-refractivity contribution is 7.92. The lowest BCUT2D eigenvalue weighted by molar-refractivity contribution is -0.124. The van der Waals surface area contributed by atoms with Crippen LogP contribution < -0.4 is 25.6 Å². The maximum absolute atomic E-state index is 13.0. The molecule has 37 heavy (non-hydrogen) atoms. The Labute approximate surface area is 222 Å². The lowest BCUT2D eigenvalue weighted by Gasteiger charge is -2.28. The van der Waals surface area contributed by atoms with E-state index >= 15 is 0 Å². The summed E-state index contributed by atoms with van der Waals surface area (Å²) in [6.07, 6.45) is 4.20. The van der Waals surface area contributed by atoms with Crippen molar-refractivity contribution in [3.05, 3.63) is 51.7 Å². The third-order valence-electron chi connectivity index (χ3n) is 6.40. The number of carbonyl (C=O) groups excluding carboxylic acids is 3. The average molecular weight is 550 g/mol. The van der Waals surface area contributed by atoms with Crippen LogP contribution in [-0.4, -0.2) is 64.6 Å². The van der Waals surface area contributed by atoms with Crippen molar-refractivity contribution in [1.82, 2.24) is 21.3 Å². The Morgan fingerprint density at radius 1 is 1.08 bits per heavy atom. The van der Waals surface area contributed by atoms with E-state index < -0.39 is 27.9 Å². The average Bonchev–Trinajstić information content (AvgIpc) is 3.37. The van der Waals surface area contributed by atoms with Gasteiger partial charge in [0.2, 0.25) is 15.9 Å². The molecule has 0 radical (unpaired) electrons. The molecule has 1 heterocycles. The molecule has 1 aromatic carbocycles. The summed E-state index contributed by atoms with van der Waals surface area (Å²) in [7, 11) is -2.26. The van der Waals surface area contributed by atoms with E-state index in [1.165, 1.54) is 36.6 Å². The van der Waals surface area contributed by atoms with Crippen LogP contribution in [0.1, 0.15) is 65.4 Å². The summed E-state index contributed by atoms with van der Waals surface area (Å²) in [5, 5.41) is 15.6. The van der Waals surface area contributed by atoms with E-state index in [0.29, 0.717) is 6.54 Å². The van der Waals surface area contributed by atoms with Crippen molar-refractivity contribution in [3.8, 4) is 0 Å². The second-order valence-electron chi connectivity index (χ2n) is 9.32. The molecule has 1 unspecified atom stereocenters. The number of anilines is 1. The van der Waals surface area contributed by atoms with Gasteiger partial charge in [0.05, 0.1) is 24.0 Å². The van der Waals surface area contributed by atoms with Gasteiger partial charge < -0.3 is 21.3 Å². The molecular formula is C25H35N5O5S2. The van der Waals surface area contributed by atoms with Crippen LogP contribution in [-0.2, 0) is 14.8 Å². The van der Waals surface area contributed by atoms with Gasteiger partial charge in [-0.05, 0) is 73.7 Å². The minimum atomic E-state index is -3.62. The smallest absolute Gasteiger partial charge is 0.251 e. The molecule has 0 spiro atoms. The van der Waals surface area contributed by atoms with Gasteiger partial charge in [-0.25, -0.2) is 8.42 Å². The summed E-state index contributed by atoms with van der Waals surface area (Å²) in [6.45, 7) is 4.21. The first kappa shape index (κ1) is 28.6. The number of carbonyl (C=O) groups is 3. The van der Waals surface area contributed by atoms with E-state index in [2.05, 4.69) is 21.3 Å². The minimum absolute atomic E-state index is 0.0696. The van der Waals surface area contributed by atoms with Crippen molar-refractivity contribution in [2.75, 3.05) is 30.7 Å². The van der Waals surface area contributed by atoms with Gasteiger partial charge in [-0.2, -0.15) is 11.3 Å². The normalized spacial score (nSPS) is 15.2. The highest BCUT2D eigenvalue weighted by Gasteiger charge is 2.22. The second kappa shape index (κ2) is 12.5. The van der Waals surface area contributed by atoms with Gasteiger partial charge in [0.1, 0.15) is 0 Å². The van der Waals surface area contributed by atoms with E-state index in [4.69, 9.17) is 0 Å². The van der Waals surface area contributed by atoms with Gasteiger partial charge in [0.15, 0.2) is 0 Å². The van der Waals surface area contributed by atoms with Crippen molar-refractivity contribution in [3.63, 3.8) is 0 Å². The number of amides is 3. The van der Waals surface area contributed by atoms with E-state index in [0.717, 1.165) is 35.4 Å². The van der Waals surface area contributed by atoms with Crippen LogP contribution >= 0.6 is 11.3 Å². The largest absolute Gasteiger partial charge is 0.352 e. The SMILES string of the molecule is CC(NC(=O)c1cc(C(=O)NCCN[C@@H](C)C(=O)NC2CCC2)cc(N(C)S(C)(=O)=O)c1)c1ccsc1. The maximum Gasteiger partial charge on any atom is 0.251 e. The maximum atomic E-state index is 13.0. The Balaban J connectivity index is 1.66. The number of rotatable bonds is 12. The number of sulfonamides is 1. The first-order chi connectivity index (χ1) is 17.5. The molecule has 2 aromatic rings. The van der Waals surface area contributed by atoms with E-state index in [1.54, 1.807) is 6.92 Å². The van der Waals surface area contributed by atoms with Gasteiger partial charge >= 0.3 is 0 Å². The monoisotopic (exact) mass is 549 g/mol.